The van der Waals surface area contributed by atoms with E-state index in [0.717, 1.165) is 9.87 Å². The highest BCUT2D eigenvalue weighted by atomic mass is 35.5. The fourth-order valence-corrected chi connectivity index (χ4v) is 6.81. The molecular weight excluding hydrogens is 649 g/mol. The molecule has 0 heterocycles. The van der Waals surface area contributed by atoms with Crippen molar-refractivity contribution in [2.24, 2.45) is 0 Å². The number of carbonyl (C=O) groups excluding carboxylic acids is 2. The van der Waals surface area contributed by atoms with Crippen molar-refractivity contribution in [3.63, 3.8) is 0 Å². The highest BCUT2D eigenvalue weighted by Gasteiger charge is 2.35. The number of likely N-dealkylation sites (N-methyl/N-ethyl adjacent to an activating group) is 1. The van der Waals surface area contributed by atoms with Crippen molar-refractivity contribution in [1.82, 2.24) is 10.2 Å². The summed E-state index contributed by atoms with van der Waals surface area (Å²) in [5.41, 5.74) is 1.61. The number of hydrogen-bond acceptors (Lipinski definition) is 6. The number of carbonyl (C=O) groups is 2. The van der Waals surface area contributed by atoms with Gasteiger partial charge in [0.25, 0.3) is 10.0 Å². The van der Waals surface area contributed by atoms with Crippen molar-refractivity contribution < 1.29 is 27.5 Å². The first kappa shape index (κ1) is 34.6. The van der Waals surface area contributed by atoms with Gasteiger partial charge in [0.15, 0.2) is 11.5 Å². The second-order valence-electron chi connectivity index (χ2n) is 10.2. The predicted molar refractivity (Wildman–Crippen MR) is 180 cm³/mol. The van der Waals surface area contributed by atoms with E-state index in [2.05, 4.69) is 5.32 Å². The first-order chi connectivity index (χ1) is 22.1. The number of para-hydroxylation sites is 1. The summed E-state index contributed by atoms with van der Waals surface area (Å²) in [6.45, 7) is 1.42. The molecule has 9 nitrogen and oxygen atoms in total. The van der Waals surface area contributed by atoms with Crippen LogP contribution in [0.1, 0.15) is 18.1 Å². The monoisotopic (exact) mass is 683 g/mol. The number of hydrogen-bond donors (Lipinski definition) is 1. The molecule has 1 atom stereocenters. The van der Waals surface area contributed by atoms with Crippen LogP contribution in [-0.2, 0) is 32.6 Å². The lowest BCUT2D eigenvalue weighted by molar-refractivity contribution is -0.140. The summed E-state index contributed by atoms with van der Waals surface area (Å²) in [7, 11) is -1.48. The Morgan fingerprint density at radius 3 is 2.11 bits per heavy atom. The summed E-state index contributed by atoms with van der Waals surface area (Å²) in [6.07, 6.45) is 0.178. The van der Waals surface area contributed by atoms with Gasteiger partial charge in [0.1, 0.15) is 12.6 Å². The number of ether oxygens (including phenoxy) is 2. The summed E-state index contributed by atoms with van der Waals surface area (Å²) in [4.78, 5) is 29.3. The molecule has 1 N–H and O–H groups in total. The first-order valence-electron chi connectivity index (χ1n) is 14.4. The van der Waals surface area contributed by atoms with E-state index in [4.69, 9.17) is 32.7 Å². The molecule has 0 spiro atoms. The molecular formula is C34H35Cl2N3O6S. The average molecular weight is 685 g/mol. The molecule has 0 saturated carbocycles. The second-order valence-corrected chi connectivity index (χ2v) is 12.9. The van der Waals surface area contributed by atoms with Crippen molar-refractivity contribution in [3.05, 3.63) is 118 Å². The molecule has 12 heteroatoms. The summed E-state index contributed by atoms with van der Waals surface area (Å²) in [6, 6.07) is 25.6. The summed E-state index contributed by atoms with van der Waals surface area (Å²) < 4.78 is 40.2. The largest absolute Gasteiger partial charge is 0.493 e. The zero-order chi connectivity index (χ0) is 33.3. The number of nitrogens with zero attached hydrogens (tertiary/aromatic N) is 2. The van der Waals surface area contributed by atoms with Gasteiger partial charge in [-0.2, -0.15) is 0 Å². The fourth-order valence-electron chi connectivity index (χ4n) is 4.91. The van der Waals surface area contributed by atoms with Crippen LogP contribution in [-0.4, -0.2) is 58.5 Å². The Hall–Kier alpha value is -4.25. The van der Waals surface area contributed by atoms with Gasteiger partial charge in [-0.05, 0) is 54.4 Å². The minimum Gasteiger partial charge on any atom is -0.493 e. The molecule has 4 rings (SSSR count). The number of halogens is 2. The lowest BCUT2D eigenvalue weighted by Crippen LogP contribution is -2.53. The van der Waals surface area contributed by atoms with Crippen LogP contribution in [0, 0.1) is 0 Å². The van der Waals surface area contributed by atoms with E-state index in [1.807, 2.05) is 30.3 Å². The van der Waals surface area contributed by atoms with E-state index in [0.29, 0.717) is 27.9 Å². The van der Waals surface area contributed by atoms with E-state index >= 15 is 0 Å². The van der Waals surface area contributed by atoms with Gasteiger partial charge < -0.3 is 19.7 Å². The van der Waals surface area contributed by atoms with Gasteiger partial charge >= 0.3 is 0 Å². The maximum absolute atomic E-state index is 14.5. The van der Waals surface area contributed by atoms with E-state index < -0.39 is 34.4 Å². The third-order valence-corrected chi connectivity index (χ3v) is 9.60. The van der Waals surface area contributed by atoms with Gasteiger partial charge in [0.2, 0.25) is 11.8 Å². The minimum atomic E-state index is -4.34. The first-order valence-corrected chi connectivity index (χ1v) is 16.6. The van der Waals surface area contributed by atoms with Crippen LogP contribution >= 0.6 is 23.2 Å². The zero-order valence-electron chi connectivity index (χ0n) is 25.7. The Bertz CT molecular complexity index is 1760. The van der Waals surface area contributed by atoms with Crippen LogP contribution in [0.4, 0.5) is 5.69 Å². The number of benzene rings is 4. The van der Waals surface area contributed by atoms with Crippen molar-refractivity contribution >= 4 is 50.7 Å². The molecule has 242 valence electrons. The highest BCUT2D eigenvalue weighted by Crippen LogP contribution is 2.32. The Morgan fingerprint density at radius 1 is 0.848 bits per heavy atom. The molecule has 46 heavy (non-hydrogen) atoms. The van der Waals surface area contributed by atoms with Crippen LogP contribution in [0.5, 0.6) is 11.5 Å². The van der Waals surface area contributed by atoms with Crippen LogP contribution in [0.15, 0.2) is 102 Å². The van der Waals surface area contributed by atoms with Gasteiger partial charge in [0.05, 0.1) is 24.8 Å². The van der Waals surface area contributed by atoms with Crippen LogP contribution in [0.2, 0.25) is 10.0 Å². The normalized spacial score (nSPS) is 11.8. The maximum Gasteiger partial charge on any atom is 0.264 e. The van der Waals surface area contributed by atoms with Crippen molar-refractivity contribution in [2.75, 3.05) is 31.6 Å². The van der Waals surface area contributed by atoms with Crippen LogP contribution in [0.25, 0.3) is 0 Å². The van der Waals surface area contributed by atoms with E-state index in [1.165, 1.54) is 37.3 Å². The summed E-state index contributed by atoms with van der Waals surface area (Å²) >= 11 is 12.7. The molecule has 0 fully saturated rings. The number of methoxy groups -OCH3 is 2. The molecule has 0 saturated heterocycles. The van der Waals surface area contributed by atoms with Crippen LogP contribution in [0.3, 0.4) is 0 Å². The second kappa shape index (κ2) is 15.8. The Labute approximate surface area is 279 Å². The van der Waals surface area contributed by atoms with Crippen molar-refractivity contribution in [2.45, 2.75) is 30.8 Å². The highest BCUT2D eigenvalue weighted by molar-refractivity contribution is 7.92. The summed E-state index contributed by atoms with van der Waals surface area (Å²) in [5, 5.41) is 3.54. The number of anilines is 1. The van der Waals surface area contributed by atoms with E-state index in [1.54, 1.807) is 55.5 Å². The molecule has 0 aromatic heterocycles. The molecule has 0 radical (unpaired) electrons. The van der Waals surface area contributed by atoms with Gasteiger partial charge in [-0.25, -0.2) is 8.42 Å². The Balaban J connectivity index is 1.82. The minimum absolute atomic E-state index is 0.0808. The molecule has 0 aliphatic heterocycles. The predicted octanol–water partition coefficient (Wildman–Crippen LogP) is 5.98. The number of nitrogens with one attached hydrogen (secondary N) is 1. The lowest BCUT2D eigenvalue weighted by atomic mass is 10.0. The van der Waals surface area contributed by atoms with Gasteiger partial charge in [-0.15, -0.1) is 0 Å². The third-order valence-electron chi connectivity index (χ3n) is 7.24. The standard InChI is InChI=1S/C34H35Cl2N3O6S/c1-4-37-34(41)30(19-24-11-7-5-8-12-24)38(22-25-15-16-26(35)20-29(25)36)33(40)23-39(27-13-9-6-10-14-27)46(42,43)28-17-18-31(44-2)32(21-28)45-3/h5-18,20-21,30H,4,19,22-23H2,1-3H3,(H,37,41)/t30-/m1/s1. The molecule has 4 aromatic rings. The molecule has 0 aliphatic carbocycles. The third kappa shape index (κ3) is 8.31. The quantitative estimate of drug-likeness (QED) is 0.175. The Kier molecular flexibility index (Phi) is 11.9. The smallest absolute Gasteiger partial charge is 0.264 e. The average Bonchev–Trinajstić information content (AvgIpc) is 3.06. The van der Waals surface area contributed by atoms with E-state index in [-0.39, 0.29) is 29.3 Å². The SMILES string of the molecule is CCNC(=O)[C@@H](Cc1ccccc1)N(Cc1ccc(Cl)cc1Cl)C(=O)CN(c1ccccc1)S(=O)(=O)c1ccc(OC)c(OC)c1. The molecule has 2 amide bonds. The fraction of sp³-hybridized carbons (Fsp3) is 0.235. The summed E-state index contributed by atoms with van der Waals surface area (Å²) in [5.74, 6) is -0.452. The Morgan fingerprint density at radius 2 is 1.50 bits per heavy atom. The molecule has 0 bridgehead atoms. The molecule has 0 aliphatic rings. The van der Waals surface area contributed by atoms with Crippen LogP contribution < -0.4 is 19.1 Å². The van der Waals surface area contributed by atoms with Crippen molar-refractivity contribution in [3.8, 4) is 11.5 Å². The van der Waals surface area contributed by atoms with Gasteiger partial charge in [0, 0.05) is 35.6 Å². The molecule has 0 unspecified atom stereocenters. The number of amides is 2. The van der Waals surface area contributed by atoms with Gasteiger partial charge in [-0.1, -0.05) is 77.8 Å². The topological polar surface area (TPSA) is 105 Å². The molecule has 4 aromatic carbocycles. The van der Waals surface area contributed by atoms with E-state index in [9.17, 15) is 18.0 Å². The van der Waals surface area contributed by atoms with Crippen molar-refractivity contribution in [1.29, 1.82) is 0 Å². The lowest BCUT2D eigenvalue weighted by Gasteiger charge is -2.34. The van der Waals surface area contributed by atoms with Gasteiger partial charge in [-0.3, -0.25) is 13.9 Å². The number of rotatable bonds is 14. The number of sulfonamides is 1. The maximum atomic E-state index is 14.5. The zero-order valence-corrected chi connectivity index (χ0v) is 28.0.